The molecule has 9 heteroatoms. The lowest BCUT2D eigenvalue weighted by atomic mass is 10.0. The summed E-state index contributed by atoms with van der Waals surface area (Å²) in [7, 11) is 0. The number of imide groups is 1. The number of thiol groups is 1. The number of nitrogens with zero attached hydrogens (tertiary/aromatic N) is 3. The van der Waals surface area contributed by atoms with Gasteiger partial charge in [-0.05, 0) is 41.3 Å². The van der Waals surface area contributed by atoms with E-state index in [1.165, 1.54) is 11.1 Å². The van der Waals surface area contributed by atoms with Crippen molar-refractivity contribution < 1.29 is 9.59 Å². The van der Waals surface area contributed by atoms with Crippen molar-refractivity contribution in [3.05, 3.63) is 63.1 Å². The summed E-state index contributed by atoms with van der Waals surface area (Å²) < 4.78 is 0. The molecule has 2 amide bonds. The highest BCUT2D eigenvalue weighted by Gasteiger charge is 2.39. The number of anilines is 1. The highest BCUT2D eigenvalue weighted by atomic mass is 35.5. The van der Waals surface area contributed by atoms with Gasteiger partial charge in [0, 0.05) is 50.7 Å². The summed E-state index contributed by atoms with van der Waals surface area (Å²) in [6.07, 6.45) is 0.915. The van der Waals surface area contributed by atoms with Crippen LogP contribution in [0.1, 0.15) is 34.9 Å². The molecular formula is C24H26Cl2N4O2S. The molecule has 3 heterocycles. The van der Waals surface area contributed by atoms with E-state index in [4.69, 9.17) is 35.8 Å². The fourth-order valence-electron chi connectivity index (χ4n) is 5.09. The largest absolute Gasteiger partial charge is 0.368 e. The van der Waals surface area contributed by atoms with Gasteiger partial charge >= 0.3 is 0 Å². The number of carbonyl (C=O) groups is 2. The van der Waals surface area contributed by atoms with Gasteiger partial charge < -0.3 is 4.90 Å². The SMILES string of the molecule is O=C1CCC(N2Cc3c(CN4CCN(c5ccc(Cl)cc5Cl)CC4)cccc3C2S)C(=O)N1. The number of nitrogens with one attached hydrogen (secondary N) is 1. The Hall–Kier alpha value is -1.77. The Labute approximate surface area is 209 Å². The van der Waals surface area contributed by atoms with E-state index in [0.717, 1.165) is 44.0 Å². The molecule has 2 fully saturated rings. The average Bonchev–Trinajstić information content (AvgIpc) is 3.12. The van der Waals surface area contributed by atoms with Crippen LogP contribution >= 0.6 is 35.8 Å². The number of hydrogen-bond acceptors (Lipinski definition) is 6. The first-order valence-corrected chi connectivity index (χ1v) is 12.5. The molecule has 33 heavy (non-hydrogen) atoms. The predicted octanol–water partition coefficient (Wildman–Crippen LogP) is 3.86. The fraction of sp³-hybridized carbons (Fsp3) is 0.417. The van der Waals surface area contributed by atoms with Crippen LogP contribution in [-0.4, -0.2) is 53.8 Å². The Balaban J connectivity index is 1.26. The predicted molar refractivity (Wildman–Crippen MR) is 134 cm³/mol. The van der Waals surface area contributed by atoms with Crippen LogP contribution in [0.2, 0.25) is 10.0 Å². The zero-order valence-corrected chi connectivity index (χ0v) is 20.5. The Morgan fingerprint density at radius 3 is 2.58 bits per heavy atom. The normalized spacial score (nSPS) is 24.2. The number of piperazine rings is 1. The maximum Gasteiger partial charge on any atom is 0.243 e. The molecule has 174 valence electrons. The van der Waals surface area contributed by atoms with Crippen molar-refractivity contribution >= 4 is 53.3 Å². The summed E-state index contributed by atoms with van der Waals surface area (Å²) in [4.78, 5) is 30.9. The molecule has 2 unspecified atom stereocenters. The summed E-state index contributed by atoms with van der Waals surface area (Å²) in [5.41, 5.74) is 4.72. The van der Waals surface area contributed by atoms with E-state index < -0.39 is 0 Å². The molecule has 0 bridgehead atoms. The smallest absolute Gasteiger partial charge is 0.243 e. The molecule has 0 radical (unpaired) electrons. The van der Waals surface area contributed by atoms with Crippen molar-refractivity contribution in [1.29, 1.82) is 0 Å². The van der Waals surface area contributed by atoms with Crippen LogP contribution in [0, 0.1) is 0 Å². The van der Waals surface area contributed by atoms with E-state index in [1.54, 1.807) is 6.07 Å². The first kappa shape index (κ1) is 23.0. The number of rotatable bonds is 4. The Morgan fingerprint density at radius 1 is 1.06 bits per heavy atom. The Morgan fingerprint density at radius 2 is 1.85 bits per heavy atom. The van der Waals surface area contributed by atoms with E-state index >= 15 is 0 Å². The molecule has 0 saturated carbocycles. The van der Waals surface area contributed by atoms with E-state index in [1.807, 2.05) is 12.1 Å². The monoisotopic (exact) mass is 504 g/mol. The second-order valence-electron chi connectivity index (χ2n) is 8.86. The van der Waals surface area contributed by atoms with E-state index in [0.29, 0.717) is 29.4 Å². The van der Waals surface area contributed by atoms with Crippen LogP contribution in [-0.2, 0) is 22.7 Å². The van der Waals surface area contributed by atoms with Crippen LogP contribution in [0.3, 0.4) is 0 Å². The highest BCUT2D eigenvalue weighted by Crippen LogP contribution is 2.41. The number of hydrogen-bond donors (Lipinski definition) is 2. The molecule has 5 rings (SSSR count). The number of fused-ring (bicyclic) bond motifs is 1. The average molecular weight is 505 g/mol. The molecule has 0 aromatic heterocycles. The Bertz CT molecular complexity index is 1090. The van der Waals surface area contributed by atoms with Crippen molar-refractivity contribution in [3.63, 3.8) is 0 Å². The number of amides is 2. The number of halogens is 2. The van der Waals surface area contributed by atoms with E-state index in [9.17, 15) is 9.59 Å². The minimum absolute atomic E-state index is 0.146. The van der Waals surface area contributed by atoms with Crippen LogP contribution in [0.15, 0.2) is 36.4 Å². The minimum atomic E-state index is -0.321. The first-order valence-electron chi connectivity index (χ1n) is 11.2. The Kier molecular flexibility index (Phi) is 6.60. The van der Waals surface area contributed by atoms with Crippen LogP contribution < -0.4 is 10.2 Å². The van der Waals surface area contributed by atoms with Crippen molar-refractivity contribution in [2.24, 2.45) is 0 Å². The molecule has 2 saturated heterocycles. The van der Waals surface area contributed by atoms with Gasteiger partial charge in [-0.15, -0.1) is 0 Å². The minimum Gasteiger partial charge on any atom is -0.368 e. The zero-order chi connectivity index (χ0) is 23.1. The molecule has 0 spiro atoms. The molecule has 2 aromatic carbocycles. The second-order valence-corrected chi connectivity index (χ2v) is 10.2. The fourth-order valence-corrected chi connectivity index (χ4v) is 6.10. The maximum absolute atomic E-state index is 12.4. The lowest BCUT2D eigenvalue weighted by molar-refractivity contribution is -0.137. The molecular weight excluding hydrogens is 479 g/mol. The summed E-state index contributed by atoms with van der Waals surface area (Å²) in [6, 6.07) is 11.7. The summed E-state index contributed by atoms with van der Waals surface area (Å²) >= 11 is 17.3. The summed E-state index contributed by atoms with van der Waals surface area (Å²) in [5.74, 6) is -0.403. The number of piperidine rings is 1. The van der Waals surface area contributed by atoms with Gasteiger partial charge in [0.05, 0.1) is 22.1 Å². The van der Waals surface area contributed by atoms with Crippen LogP contribution in [0.25, 0.3) is 0 Å². The van der Waals surface area contributed by atoms with Crippen molar-refractivity contribution in [3.8, 4) is 0 Å². The lowest BCUT2D eigenvalue weighted by Crippen LogP contribution is -2.51. The van der Waals surface area contributed by atoms with Gasteiger partial charge in [-0.25, -0.2) is 0 Å². The molecule has 0 aliphatic carbocycles. The van der Waals surface area contributed by atoms with Crippen LogP contribution in [0.4, 0.5) is 5.69 Å². The van der Waals surface area contributed by atoms with Gasteiger partial charge in [0.15, 0.2) is 0 Å². The standard InChI is InChI=1S/C24H26Cl2N4O2S/c25-16-4-5-20(19(26)12-16)29-10-8-28(9-11-29)13-15-2-1-3-17-18(15)14-30(24(17)33)21-6-7-22(31)27-23(21)32/h1-5,12,21,24,33H,6-11,13-14H2,(H,27,31,32). The third-order valence-electron chi connectivity index (χ3n) is 6.87. The third-order valence-corrected chi connectivity index (χ3v) is 7.98. The highest BCUT2D eigenvalue weighted by molar-refractivity contribution is 7.80. The summed E-state index contributed by atoms with van der Waals surface area (Å²) in [5, 5.41) is 3.66. The molecule has 3 aliphatic heterocycles. The van der Waals surface area contributed by atoms with Gasteiger partial charge in [0.1, 0.15) is 0 Å². The van der Waals surface area contributed by atoms with Gasteiger partial charge in [-0.1, -0.05) is 41.4 Å². The third kappa shape index (κ3) is 4.62. The van der Waals surface area contributed by atoms with Crippen molar-refractivity contribution in [1.82, 2.24) is 15.1 Å². The molecule has 1 N–H and O–H groups in total. The van der Waals surface area contributed by atoms with Gasteiger partial charge in [0.25, 0.3) is 0 Å². The lowest BCUT2D eigenvalue weighted by Gasteiger charge is -2.36. The second kappa shape index (κ2) is 9.47. The maximum atomic E-state index is 12.4. The van der Waals surface area contributed by atoms with E-state index in [2.05, 4.69) is 38.2 Å². The van der Waals surface area contributed by atoms with Crippen LogP contribution in [0.5, 0.6) is 0 Å². The van der Waals surface area contributed by atoms with Gasteiger partial charge in [-0.2, -0.15) is 12.6 Å². The topological polar surface area (TPSA) is 55.9 Å². The number of carbonyl (C=O) groups excluding carboxylic acids is 2. The molecule has 6 nitrogen and oxygen atoms in total. The number of benzene rings is 2. The molecule has 2 atom stereocenters. The molecule has 3 aliphatic rings. The first-order chi connectivity index (χ1) is 15.9. The zero-order valence-electron chi connectivity index (χ0n) is 18.1. The van der Waals surface area contributed by atoms with Gasteiger partial charge in [0.2, 0.25) is 11.8 Å². The quantitative estimate of drug-likeness (QED) is 0.488. The van der Waals surface area contributed by atoms with Gasteiger partial charge in [-0.3, -0.25) is 24.7 Å². The van der Waals surface area contributed by atoms with Crippen molar-refractivity contribution in [2.45, 2.75) is 37.3 Å². The van der Waals surface area contributed by atoms with E-state index in [-0.39, 0.29) is 23.2 Å². The molecule has 2 aromatic rings. The summed E-state index contributed by atoms with van der Waals surface area (Å²) in [6.45, 7) is 5.19. The van der Waals surface area contributed by atoms with Crippen molar-refractivity contribution in [2.75, 3.05) is 31.1 Å².